The second kappa shape index (κ2) is 7.89. The van der Waals surface area contributed by atoms with Crippen molar-refractivity contribution < 1.29 is 21.2 Å². The molecule has 0 heterocycles. The summed E-state index contributed by atoms with van der Waals surface area (Å²) in [4.78, 5) is 0. The minimum Gasteiger partial charge on any atom is -0.269 e. The van der Waals surface area contributed by atoms with Gasteiger partial charge in [-0.3, -0.25) is 4.31 Å². The van der Waals surface area contributed by atoms with Gasteiger partial charge in [0.25, 0.3) is 0 Å². The number of anilines is 1. The molecule has 1 rings (SSSR count). The van der Waals surface area contributed by atoms with Gasteiger partial charge >= 0.3 is 0 Å². The van der Waals surface area contributed by atoms with Crippen LogP contribution in [-0.4, -0.2) is 41.9 Å². The highest BCUT2D eigenvalue weighted by atomic mass is 32.2. The van der Waals surface area contributed by atoms with E-state index in [0.717, 1.165) is 29.1 Å². The molecule has 0 bridgehead atoms. The lowest BCUT2D eigenvalue weighted by Crippen LogP contribution is -2.38. The summed E-state index contributed by atoms with van der Waals surface area (Å²) in [5.41, 5.74) is 0.289. The van der Waals surface area contributed by atoms with Crippen LogP contribution in [0.3, 0.4) is 0 Å². The highest BCUT2D eigenvalue weighted by Gasteiger charge is 2.18. The van der Waals surface area contributed by atoms with Gasteiger partial charge < -0.3 is 0 Å². The first kappa shape index (κ1) is 18.9. The van der Waals surface area contributed by atoms with Gasteiger partial charge in [0.15, 0.2) is 0 Å². The fraction of sp³-hybridized carbons (Fsp3) is 0.538. The van der Waals surface area contributed by atoms with Crippen molar-refractivity contribution in [1.29, 1.82) is 0 Å². The van der Waals surface area contributed by atoms with Crippen molar-refractivity contribution in [1.82, 2.24) is 4.72 Å². The molecular weight excluding hydrogens is 331 g/mol. The number of rotatable bonds is 9. The Morgan fingerprint density at radius 1 is 1.14 bits per heavy atom. The summed E-state index contributed by atoms with van der Waals surface area (Å²) in [7, 11) is -6.99. The summed E-state index contributed by atoms with van der Waals surface area (Å²) < 4.78 is 63.3. The van der Waals surface area contributed by atoms with E-state index in [-0.39, 0.29) is 24.5 Å². The molecular formula is C13H21FN2O4S2. The summed E-state index contributed by atoms with van der Waals surface area (Å²) >= 11 is 0. The van der Waals surface area contributed by atoms with E-state index in [9.17, 15) is 21.2 Å². The first-order chi connectivity index (χ1) is 10.2. The molecule has 0 unspecified atom stereocenters. The molecule has 9 heteroatoms. The number of unbranched alkanes of at least 4 members (excludes halogenated alkanes) is 1. The van der Waals surface area contributed by atoms with Crippen molar-refractivity contribution >= 4 is 25.7 Å². The zero-order valence-electron chi connectivity index (χ0n) is 12.6. The van der Waals surface area contributed by atoms with E-state index in [1.54, 1.807) is 0 Å². The minimum atomic E-state index is -3.59. The van der Waals surface area contributed by atoms with Crippen LogP contribution in [0.5, 0.6) is 0 Å². The van der Waals surface area contributed by atoms with E-state index >= 15 is 0 Å². The maximum atomic E-state index is 12.9. The fourth-order valence-electron chi connectivity index (χ4n) is 1.80. The van der Waals surface area contributed by atoms with Gasteiger partial charge in [-0.25, -0.2) is 25.9 Å². The molecule has 0 aromatic heterocycles. The quantitative estimate of drug-likeness (QED) is 0.726. The summed E-state index contributed by atoms with van der Waals surface area (Å²) in [6.45, 7) is 1.78. The summed E-state index contributed by atoms with van der Waals surface area (Å²) in [5, 5.41) is 0. The van der Waals surface area contributed by atoms with Crippen LogP contribution in [0, 0.1) is 5.82 Å². The molecule has 0 radical (unpaired) electrons. The van der Waals surface area contributed by atoms with Crippen molar-refractivity contribution in [3.8, 4) is 0 Å². The van der Waals surface area contributed by atoms with Crippen LogP contribution < -0.4 is 9.03 Å². The van der Waals surface area contributed by atoms with Gasteiger partial charge in [-0.05, 0) is 30.7 Å². The molecule has 0 fully saturated rings. The molecule has 0 amide bonds. The zero-order valence-corrected chi connectivity index (χ0v) is 14.3. The smallest absolute Gasteiger partial charge is 0.232 e. The predicted molar refractivity (Wildman–Crippen MR) is 85.3 cm³/mol. The second-order valence-electron chi connectivity index (χ2n) is 4.88. The number of sulfonamides is 2. The standard InChI is InChI=1S/C13H21FN2O4S2/c1-3-4-11-22(19,20)15-9-10-16(21(2,17)18)13-7-5-12(14)6-8-13/h5-8,15H,3-4,9-11H2,1-2H3. The van der Waals surface area contributed by atoms with Crippen molar-refractivity contribution in [3.05, 3.63) is 30.1 Å². The number of nitrogens with one attached hydrogen (secondary N) is 1. The third kappa shape index (κ3) is 6.29. The van der Waals surface area contributed by atoms with Gasteiger partial charge in [-0.15, -0.1) is 0 Å². The molecule has 22 heavy (non-hydrogen) atoms. The van der Waals surface area contributed by atoms with Gasteiger partial charge in [-0.1, -0.05) is 13.3 Å². The van der Waals surface area contributed by atoms with Crippen molar-refractivity contribution in [2.45, 2.75) is 19.8 Å². The summed E-state index contributed by atoms with van der Waals surface area (Å²) in [6.07, 6.45) is 2.32. The van der Waals surface area contributed by atoms with E-state index in [1.807, 2.05) is 6.92 Å². The molecule has 0 aliphatic heterocycles. The van der Waals surface area contributed by atoms with Crippen LogP contribution in [0.1, 0.15) is 19.8 Å². The Balaban J connectivity index is 2.74. The molecule has 0 aliphatic carbocycles. The third-order valence-electron chi connectivity index (χ3n) is 2.92. The minimum absolute atomic E-state index is 0.0128. The number of hydrogen-bond acceptors (Lipinski definition) is 4. The maximum absolute atomic E-state index is 12.9. The number of halogens is 1. The molecule has 0 spiro atoms. The van der Waals surface area contributed by atoms with Gasteiger partial charge in [0.05, 0.1) is 17.7 Å². The van der Waals surface area contributed by atoms with Gasteiger partial charge in [0.2, 0.25) is 20.0 Å². The highest BCUT2D eigenvalue weighted by molar-refractivity contribution is 7.92. The topological polar surface area (TPSA) is 83.6 Å². The Morgan fingerprint density at radius 2 is 1.73 bits per heavy atom. The van der Waals surface area contributed by atoms with E-state index < -0.39 is 25.9 Å². The third-order valence-corrected chi connectivity index (χ3v) is 5.58. The largest absolute Gasteiger partial charge is 0.269 e. The zero-order chi connectivity index (χ0) is 16.8. The average molecular weight is 352 g/mol. The number of hydrogen-bond donors (Lipinski definition) is 1. The highest BCUT2D eigenvalue weighted by Crippen LogP contribution is 2.17. The first-order valence-electron chi connectivity index (χ1n) is 6.86. The SMILES string of the molecule is CCCCS(=O)(=O)NCCN(c1ccc(F)cc1)S(C)(=O)=O. The summed E-state index contributed by atoms with van der Waals surface area (Å²) in [6, 6.07) is 4.97. The Bertz CT molecular complexity index is 672. The van der Waals surface area contributed by atoms with Crippen molar-refractivity contribution in [2.75, 3.05) is 29.4 Å². The molecule has 0 atom stereocenters. The Morgan fingerprint density at radius 3 is 2.23 bits per heavy atom. The van der Waals surface area contributed by atoms with Gasteiger partial charge in [-0.2, -0.15) is 0 Å². The molecule has 1 N–H and O–H groups in total. The fourth-order valence-corrected chi connectivity index (χ4v) is 3.95. The van der Waals surface area contributed by atoms with E-state index in [2.05, 4.69) is 4.72 Å². The molecule has 6 nitrogen and oxygen atoms in total. The Kier molecular flexibility index (Phi) is 6.76. The number of nitrogens with zero attached hydrogens (tertiary/aromatic N) is 1. The molecule has 1 aromatic carbocycles. The molecule has 0 saturated heterocycles. The van der Waals surface area contributed by atoms with E-state index in [0.29, 0.717) is 6.42 Å². The van der Waals surface area contributed by atoms with Gasteiger partial charge in [0.1, 0.15) is 5.82 Å². The van der Waals surface area contributed by atoms with Crippen LogP contribution in [0.4, 0.5) is 10.1 Å². The van der Waals surface area contributed by atoms with Crippen LogP contribution in [0.25, 0.3) is 0 Å². The second-order valence-corrected chi connectivity index (χ2v) is 8.71. The lowest BCUT2D eigenvalue weighted by atomic mass is 10.3. The monoisotopic (exact) mass is 352 g/mol. The van der Waals surface area contributed by atoms with Crippen LogP contribution >= 0.6 is 0 Å². The Labute approximate surface area is 131 Å². The molecule has 126 valence electrons. The molecule has 1 aromatic rings. The van der Waals surface area contributed by atoms with Crippen LogP contribution in [0.15, 0.2) is 24.3 Å². The molecule has 0 saturated carbocycles. The normalized spacial score (nSPS) is 12.3. The van der Waals surface area contributed by atoms with E-state index in [1.165, 1.54) is 12.1 Å². The predicted octanol–water partition coefficient (Wildman–Crippen LogP) is 1.31. The lowest BCUT2D eigenvalue weighted by molar-refractivity contribution is 0.575. The van der Waals surface area contributed by atoms with Crippen molar-refractivity contribution in [3.63, 3.8) is 0 Å². The summed E-state index contributed by atoms with van der Waals surface area (Å²) in [5.74, 6) is -0.462. The maximum Gasteiger partial charge on any atom is 0.232 e. The van der Waals surface area contributed by atoms with Gasteiger partial charge in [0, 0.05) is 13.1 Å². The molecule has 0 aliphatic rings. The van der Waals surface area contributed by atoms with Crippen LogP contribution in [-0.2, 0) is 20.0 Å². The van der Waals surface area contributed by atoms with E-state index in [4.69, 9.17) is 0 Å². The number of benzene rings is 1. The average Bonchev–Trinajstić information content (AvgIpc) is 2.41. The van der Waals surface area contributed by atoms with Crippen molar-refractivity contribution in [2.24, 2.45) is 0 Å². The Hall–Kier alpha value is -1.19. The lowest BCUT2D eigenvalue weighted by Gasteiger charge is -2.22. The first-order valence-corrected chi connectivity index (χ1v) is 10.4. The van der Waals surface area contributed by atoms with Crippen LogP contribution in [0.2, 0.25) is 0 Å².